The van der Waals surface area contributed by atoms with Gasteiger partial charge in [0.1, 0.15) is 5.65 Å². The Bertz CT molecular complexity index is 1010. The van der Waals surface area contributed by atoms with Crippen molar-refractivity contribution >= 4 is 29.1 Å². The molecule has 6 nitrogen and oxygen atoms in total. The lowest BCUT2D eigenvalue weighted by Gasteiger charge is -2.15. The molecule has 0 spiro atoms. The first-order valence-corrected chi connectivity index (χ1v) is 9.80. The molecule has 2 amide bonds. The van der Waals surface area contributed by atoms with Crippen molar-refractivity contribution in [2.45, 2.75) is 19.3 Å². The van der Waals surface area contributed by atoms with Crippen LogP contribution in [0.5, 0.6) is 0 Å². The van der Waals surface area contributed by atoms with Gasteiger partial charge in [0.05, 0.1) is 5.69 Å². The zero-order chi connectivity index (χ0) is 19.5. The number of benzene rings is 1. The van der Waals surface area contributed by atoms with Crippen LogP contribution in [0, 0.1) is 0 Å². The molecule has 1 saturated heterocycles. The number of carbonyl (C=O) groups excluding carboxylic acids is 2. The Morgan fingerprint density at radius 1 is 1.18 bits per heavy atom. The largest absolute Gasteiger partial charge is 0.351 e. The van der Waals surface area contributed by atoms with Crippen molar-refractivity contribution in [1.82, 2.24) is 19.6 Å². The van der Waals surface area contributed by atoms with E-state index in [9.17, 15) is 9.59 Å². The molecule has 0 unspecified atom stereocenters. The van der Waals surface area contributed by atoms with Crippen LogP contribution in [0.25, 0.3) is 16.9 Å². The third-order valence-corrected chi connectivity index (χ3v) is 5.18. The molecule has 144 valence electrons. The van der Waals surface area contributed by atoms with Crippen LogP contribution in [0.15, 0.2) is 48.7 Å². The van der Waals surface area contributed by atoms with E-state index >= 15 is 0 Å². The number of halogens is 1. The van der Waals surface area contributed by atoms with Gasteiger partial charge in [0.25, 0.3) is 5.91 Å². The third kappa shape index (κ3) is 3.73. The first-order chi connectivity index (χ1) is 13.6. The Balaban J connectivity index is 1.52. The normalized spacial score (nSPS) is 14.0. The molecular weight excluding hydrogens is 376 g/mol. The van der Waals surface area contributed by atoms with E-state index in [-0.39, 0.29) is 11.8 Å². The Labute approximate surface area is 168 Å². The molecular formula is C21H21ClN4O2. The zero-order valence-electron chi connectivity index (χ0n) is 15.4. The van der Waals surface area contributed by atoms with Gasteiger partial charge in [-0.1, -0.05) is 29.8 Å². The minimum Gasteiger partial charge on any atom is -0.351 e. The third-order valence-electron chi connectivity index (χ3n) is 4.92. The summed E-state index contributed by atoms with van der Waals surface area (Å²) in [5, 5.41) is 3.58. The molecule has 3 aromatic rings. The summed E-state index contributed by atoms with van der Waals surface area (Å²) in [7, 11) is 0. The number of rotatable bonds is 6. The molecule has 1 aliphatic rings. The molecule has 28 heavy (non-hydrogen) atoms. The monoisotopic (exact) mass is 396 g/mol. The molecule has 4 rings (SSSR count). The van der Waals surface area contributed by atoms with Crippen LogP contribution in [0.3, 0.4) is 0 Å². The van der Waals surface area contributed by atoms with E-state index in [0.717, 1.165) is 30.6 Å². The van der Waals surface area contributed by atoms with Gasteiger partial charge in [-0.3, -0.25) is 14.0 Å². The molecule has 0 atom stereocenters. The van der Waals surface area contributed by atoms with Gasteiger partial charge in [0, 0.05) is 42.8 Å². The fraction of sp³-hybridized carbons (Fsp3) is 0.286. The highest BCUT2D eigenvalue weighted by molar-refractivity contribution is 6.30. The first-order valence-electron chi connectivity index (χ1n) is 9.42. The van der Waals surface area contributed by atoms with Crippen LogP contribution in [0.2, 0.25) is 5.02 Å². The summed E-state index contributed by atoms with van der Waals surface area (Å²) in [5.41, 5.74) is 2.70. The topological polar surface area (TPSA) is 66.7 Å². The number of pyridine rings is 1. The SMILES string of the molecule is O=C(NCCCN1CCCC1=O)c1nc2ccccn2c1-c1ccc(Cl)cc1. The van der Waals surface area contributed by atoms with E-state index in [1.165, 1.54) is 0 Å². The fourth-order valence-corrected chi connectivity index (χ4v) is 3.66. The van der Waals surface area contributed by atoms with Gasteiger partial charge < -0.3 is 10.2 Å². The Morgan fingerprint density at radius 3 is 2.75 bits per heavy atom. The maximum absolute atomic E-state index is 12.8. The maximum atomic E-state index is 12.8. The minimum atomic E-state index is -0.221. The lowest BCUT2D eigenvalue weighted by atomic mass is 10.1. The number of amides is 2. The first kappa shape index (κ1) is 18.5. The van der Waals surface area contributed by atoms with E-state index in [1.807, 2.05) is 45.8 Å². The number of imidazole rings is 1. The van der Waals surface area contributed by atoms with Crippen molar-refractivity contribution < 1.29 is 9.59 Å². The zero-order valence-corrected chi connectivity index (χ0v) is 16.2. The molecule has 3 heterocycles. The molecule has 0 bridgehead atoms. The quantitative estimate of drug-likeness (QED) is 0.649. The molecule has 0 aliphatic carbocycles. The van der Waals surface area contributed by atoms with Gasteiger partial charge in [0.15, 0.2) is 5.69 Å². The van der Waals surface area contributed by atoms with Crippen molar-refractivity contribution in [3.8, 4) is 11.3 Å². The van der Waals surface area contributed by atoms with Gasteiger partial charge in [-0.2, -0.15) is 0 Å². The van der Waals surface area contributed by atoms with E-state index in [2.05, 4.69) is 10.3 Å². The van der Waals surface area contributed by atoms with Gasteiger partial charge in [-0.15, -0.1) is 0 Å². The molecule has 1 N–H and O–H groups in total. The molecule has 1 fully saturated rings. The molecule has 0 saturated carbocycles. The summed E-state index contributed by atoms with van der Waals surface area (Å²) in [4.78, 5) is 30.9. The Kier molecular flexibility index (Phi) is 5.30. The number of hydrogen-bond acceptors (Lipinski definition) is 3. The van der Waals surface area contributed by atoms with Gasteiger partial charge >= 0.3 is 0 Å². The fourth-order valence-electron chi connectivity index (χ4n) is 3.53. The Hall–Kier alpha value is -2.86. The predicted octanol–water partition coefficient (Wildman–Crippen LogP) is 3.40. The van der Waals surface area contributed by atoms with Crippen molar-refractivity contribution in [1.29, 1.82) is 0 Å². The molecule has 7 heteroatoms. The smallest absolute Gasteiger partial charge is 0.272 e. The highest BCUT2D eigenvalue weighted by Gasteiger charge is 2.21. The Morgan fingerprint density at radius 2 is 2.00 bits per heavy atom. The summed E-state index contributed by atoms with van der Waals surface area (Å²) >= 11 is 6.01. The van der Waals surface area contributed by atoms with Crippen LogP contribution in [-0.2, 0) is 4.79 Å². The molecule has 2 aromatic heterocycles. The van der Waals surface area contributed by atoms with E-state index in [4.69, 9.17) is 11.6 Å². The summed E-state index contributed by atoms with van der Waals surface area (Å²) in [5.74, 6) is -0.0156. The highest BCUT2D eigenvalue weighted by atomic mass is 35.5. The summed E-state index contributed by atoms with van der Waals surface area (Å²) in [6.07, 6.45) is 4.18. The van der Waals surface area contributed by atoms with Crippen LogP contribution in [0.4, 0.5) is 0 Å². The molecule has 1 aliphatic heterocycles. The number of nitrogens with one attached hydrogen (secondary N) is 1. The molecule has 0 radical (unpaired) electrons. The van der Waals surface area contributed by atoms with Crippen LogP contribution >= 0.6 is 11.6 Å². The van der Waals surface area contributed by atoms with E-state index < -0.39 is 0 Å². The number of fused-ring (bicyclic) bond motifs is 1. The number of likely N-dealkylation sites (tertiary alicyclic amines) is 1. The number of hydrogen-bond donors (Lipinski definition) is 1. The lowest BCUT2D eigenvalue weighted by Crippen LogP contribution is -2.31. The van der Waals surface area contributed by atoms with Crippen molar-refractivity contribution in [3.63, 3.8) is 0 Å². The highest BCUT2D eigenvalue weighted by Crippen LogP contribution is 2.26. The predicted molar refractivity (Wildman–Crippen MR) is 108 cm³/mol. The average molecular weight is 397 g/mol. The molecule has 1 aromatic carbocycles. The van der Waals surface area contributed by atoms with Crippen molar-refractivity contribution in [3.05, 3.63) is 59.4 Å². The van der Waals surface area contributed by atoms with Crippen LogP contribution in [-0.4, -0.2) is 45.7 Å². The van der Waals surface area contributed by atoms with E-state index in [0.29, 0.717) is 35.9 Å². The standard InChI is InChI=1S/C21H21ClN4O2/c22-16-9-7-15(8-10-16)20-19(24-17-5-1-2-14-26(17)20)21(28)23-11-4-13-25-12-3-6-18(25)27/h1-2,5,7-10,14H,3-4,6,11-13H2,(H,23,28). The second-order valence-electron chi connectivity index (χ2n) is 6.84. The maximum Gasteiger partial charge on any atom is 0.272 e. The minimum absolute atomic E-state index is 0.205. The number of aromatic nitrogens is 2. The van der Waals surface area contributed by atoms with Crippen molar-refractivity contribution in [2.24, 2.45) is 0 Å². The second-order valence-corrected chi connectivity index (χ2v) is 7.27. The van der Waals surface area contributed by atoms with Gasteiger partial charge in [0.2, 0.25) is 5.91 Å². The second kappa shape index (κ2) is 8.02. The average Bonchev–Trinajstić information content (AvgIpc) is 3.29. The number of carbonyl (C=O) groups is 2. The summed E-state index contributed by atoms with van der Waals surface area (Å²) < 4.78 is 1.90. The number of nitrogens with zero attached hydrogens (tertiary/aromatic N) is 3. The lowest BCUT2D eigenvalue weighted by molar-refractivity contribution is -0.127. The van der Waals surface area contributed by atoms with Crippen LogP contribution in [0.1, 0.15) is 29.8 Å². The summed E-state index contributed by atoms with van der Waals surface area (Å²) in [6, 6.07) is 13.0. The van der Waals surface area contributed by atoms with Crippen LogP contribution < -0.4 is 5.32 Å². The van der Waals surface area contributed by atoms with Gasteiger partial charge in [-0.25, -0.2) is 4.98 Å². The van der Waals surface area contributed by atoms with Gasteiger partial charge in [-0.05, 0) is 37.1 Å². The summed E-state index contributed by atoms with van der Waals surface area (Å²) in [6.45, 7) is 1.99. The van der Waals surface area contributed by atoms with E-state index in [1.54, 1.807) is 12.1 Å². The van der Waals surface area contributed by atoms with Crippen molar-refractivity contribution in [2.75, 3.05) is 19.6 Å².